The van der Waals surface area contributed by atoms with Gasteiger partial charge in [0.15, 0.2) is 5.65 Å². The van der Waals surface area contributed by atoms with Crippen LogP contribution in [-0.4, -0.2) is 86.2 Å². The predicted octanol–water partition coefficient (Wildman–Crippen LogP) is 2.65. The molecule has 5 amide bonds. The van der Waals surface area contributed by atoms with Crippen molar-refractivity contribution in [2.24, 2.45) is 5.92 Å². The molecular formula is C34H33N9O5. The molecule has 0 spiro atoms. The number of piperidine rings is 2. The molecule has 14 nitrogen and oxygen atoms in total. The van der Waals surface area contributed by atoms with Crippen LogP contribution in [0.4, 0.5) is 17.3 Å². The van der Waals surface area contributed by atoms with Gasteiger partial charge in [0, 0.05) is 44.2 Å². The van der Waals surface area contributed by atoms with Gasteiger partial charge in [-0.05, 0) is 74.6 Å². The van der Waals surface area contributed by atoms with Crippen molar-refractivity contribution in [1.29, 1.82) is 0 Å². The summed E-state index contributed by atoms with van der Waals surface area (Å²) in [4.78, 5) is 78.2. The molecule has 1 atom stereocenters. The van der Waals surface area contributed by atoms with Gasteiger partial charge in [-0.15, -0.1) is 5.10 Å². The van der Waals surface area contributed by atoms with Gasteiger partial charge < -0.3 is 15.1 Å². The molecular weight excluding hydrogens is 614 g/mol. The number of pyridine rings is 1. The minimum absolute atomic E-state index is 0.0462. The molecule has 14 heteroatoms. The van der Waals surface area contributed by atoms with Crippen LogP contribution in [0.3, 0.4) is 0 Å². The van der Waals surface area contributed by atoms with Crippen LogP contribution >= 0.6 is 0 Å². The van der Waals surface area contributed by atoms with E-state index in [1.54, 1.807) is 12.3 Å². The third kappa shape index (κ3) is 5.22. The molecule has 3 aromatic heterocycles. The largest absolute Gasteiger partial charge is 0.357 e. The first-order valence-corrected chi connectivity index (χ1v) is 16.3. The van der Waals surface area contributed by atoms with E-state index >= 15 is 0 Å². The van der Waals surface area contributed by atoms with Crippen molar-refractivity contribution >= 4 is 52.5 Å². The Hall–Kier alpha value is -5.66. The zero-order chi connectivity index (χ0) is 32.9. The molecule has 8 rings (SSSR count). The molecule has 4 aliphatic heterocycles. The summed E-state index contributed by atoms with van der Waals surface area (Å²) in [6, 6.07) is 13.4. The number of rotatable bonds is 6. The van der Waals surface area contributed by atoms with Gasteiger partial charge >= 0.3 is 0 Å². The summed E-state index contributed by atoms with van der Waals surface area (Å²) in [5.41, 5.74) is 3.03. The van der Waals surface area contributed by atoms with E-state index in [0.717, 1.165) is 46.7 Å². The van der Waals surface area contributed by atoms with E-state index in [1.807, 2.05) is 34.8 Å². The van der Waals surface area contributed by atoms with E-state index in [-0.39, 0.29) is 35.8 Å². The number of hydrogen-bond donors (Lipinski definition) is 2. The number of anilines is 3. The molecule has 48 heavy (non-hydrogen) atoms. The van der Waals surface area contributed by atoms with Crippen molar-refractivity contribution < 1.29 is 24.0 Å². The molecule has 1 unspecified atom stereocenters. The van der Waals surface area contributed by atoms with Crippen LogP contribution in [0.2, 0.25) is 0 Å². The minimum atomic E-state index is -1.04. The molecule has 1 aromatic carbocycles. The van der Waals surface area contributed by atoms with Gasteiger partial charge in [0.05, 0.1) is 23.0 Å². The van der Waals surface area contributed by atoms with Crippen LogP contribution in [0, 0.1) is 5.92 Å². The summed E-state index contributed by atoms with van der Waals surface area (Å²) in [5.74, 6) is -0.957. The molecule has 2 N–H and O–H groups in total. The number of fused-ring (bicyclic) bond motifs is 2. The van der Waals surface area contributed by atoms with Gasteiger partial charge in [0.1, 0.15) is 23.4 Å². The number of aromatic nitrogens is 4. The number of benzene rings is 1. The van der Waals surface area contributed by atoms with E-state index in [4.69, 9.17) is 10.1 Å². The van der Waals surface area contributed by atoms with E-state index in [0.29, 0.717) is 31.6 Å². The summed E-state index contributed by atoms with van der Waals surface area (Å²) in [6.45, 7) is 3.28. The highest BCUT2D eigenvalue weighted by Crippen LogP contribution is 2.31. The Labute approximate surface area is 275 Å². The number of hydrogen-bond acceptors (Lipinski definition) is 10. The van der Waals surface area contributed by atoms with Crippen molar-refractivity contribution in [3.63, 3.8) is 0 Å². The third-order valence-corrected chi connectivity index (χ3v) is 9.67. The number of imide groups is 2. The van der Waals surface area contributed by atoms with E-state index < -0.39 is 29.7 Å². The monoisotopic (exact) mass is 647 g/mol. The number of imidazole rings is 1. The van der Waals surface area contributed by atoms with Gasteiger partial charge in [-0.25, -0.2) is 14.5 Å². The lowest BCUT2D eigenvalue weighted by atomic mass is 9.95. The maximum atomic E-state index is 13.3. The van der Waals surface area contributed by atoms with E-state index in [2.05, 4.69) is 25.4 Å². The molecule has 0 saturated carbocycles. The van der Waals surface area contributed by atoms with Crippen molar-refractivity contribution in [3.8, 4) is 11.4 Å². The van der Waals surface area contributed by atoms with Crippen LogP contribution < -0.4 is 20.4 Å². The van der Waals surface area contributed by atoms with Crippen molar-refractivity contribution in [2.45, 2.75) is 44.6 Å². The van der Waals surface area contributed by atoms with E-state index in [1.165, 1.54) is 25.0 Å². The number of carbonyl (C=O) groups is 5. The second-order valence-corrected chi connectivity index (χ2v) is 12.6. The molecule has 0 radical (unpaired) electrons. The van der Waals surface area contributed by atoms with Crippen molar-refractivity contribution in [2.75, 3.05) is 41.3 Å². The molecule has 3 saturated heterocycles. The third-order valence-electron chi connectivity index (χ3n) is 9.67. The summed E-state index contributed by atoms with van der Waals surface area (Å²) in [5, 5.41) is 9.98. The molecule has 3 fully saturated rings. The quantitative estimate of drug-likeness (QED) is 0.298. The number of amides is 5. The Kier molecular flexibility index (Phi) is 7.34. The topological polar surface area (TPSA) is 162 Å². The second kappa shape index (κ2) is 11.9. The van der Waals surface area contributed by atoms with E-state index in [9.17, 15) is 24.0 Å². The maximum Gasteiger partial charge on any atom is 0.262 e. The highest BCUT2D eigenvalue weighted by atomic mass is 16.2. The van der Waals surface area contributed by atoms with Gasteiger partial charge in [-0.1, -0.05) is 6.07 Å². The van der Waals surface area contributed by atoms with Gasteiger partial charge in [0.2, 0.25) is 17.7 Å². The Balaban J connectivity index is 0.917. The average molecular weight is 648 g/mol. The smallest absolute Gasteiger partial charge is 0.262 e. The first-order valence-electron chi connectivity index (χ1n) is 16.3. The number of carbonyl (C=O) groups excluding carboxylic acids is 5. The van der Waals surface area contributed by atoms with Gasteiger partial charge in [-0.2, -0.15) is 0 Å². The normalized spacial score (nSPS) is 20.1. The van der Waals surface area contributed by atoms with Crippen LogP contribution in [0.25, 0.3) is 17.0 Å². The highest BCUT2D eigenvalue weighted by molar-refractivity contribution is 6.24. The molecule has 0 aliphatic carbocycles. The van der Waals surface area contributed by atoms with Crippen LogP contribution in [0.15, 0.2) is 54.7 Å². The summed E-state index contributed by atoms with van der Waals surface area (Å²) in [6.07, 6.45) is 5.48. The SMILES string of the molecule is O=C1CCC(N2C(=O)c3ccc(NC(=O)C4CCN(c5cccc(-c6cnc7ccc(N8CCCC8)nn67)n5)CC4)cc3C2=O)C(=O)N1. The maximum absolute atomic E-state index is 13.3. The van der Waals surface area contributed by atoms with Crippen LogP contribution in [-0.2, 0) is 14.4 Å². The molecule has 7 heterocycles. The Bertz CT molecular complexity index is 1990. The fourth-order valence-corrected chi connectivity index (χ4v) is 7.06. The highest BCUT2D eigenvalue weighted by Gasteiger charge is 2.44. The Morgan fingerprint density at radius 2 is 1.60 bits per heavy atom. The standard InChI is InChI=1S/C34H33N9O5/c44-30-11-8-25(32(46)38-30)42-33(47)22-7-6-21(18-23(22)34(42)48)36-31(45)20-12-16-41(17-13-20)28-5-3-4-24(37-28)26-19-35-27-9-10-29(39-43(26)27)40-14-1-2-15-40/h3-7,9-10,18-20,25H,1-2,8,11-17H2,(H,36,45)(H,38,44,46). The lowest BCUT2D eigenvalue weighted by Crippen LogP contribution is -2.54. The predicted molar refractivity (Wildman–Crippen MR) is 174 cm³/mol. The Morgan fingerprint density at radius 3 is 2.40 bits per heavy atom. The summed E-state index contributed by atoms with van der Waals surface area (Å²) < 4.78 is 1.85. The van der Waals surface area contributed by atoms with Gasteiger partial charge in [-0.3, -0.25) is 34.2 Å². The lowest BCUT2D eigenvalue weighted by molar-refractivity contribution is -0.136. The zero-order valence-electron chi connectivity index (χ0n) is 26.1. The van der Waals surface area contributed by atoms with Crippen molar-refractivity contribution in [1.82, 2.24) is 29.8 Å². The molecule has 4 aliphatic rings. The molecule has 244 valence electrons. The fraction of sp³-hybridized carbons (Fsp3) is 0.353. The number of nitrogens with one attached hydrogen (secondary N) is 2. The number of nitrogens with zero attached hydrogens (tertiary/aromatic N) is 7. The lowest BCUT2D eigenvalue weighted by Gasteiger charge is -2.32. The van der Waals surface area contributed by atoms with Crippen molar-refractivity contribution in [3.05, 3.63) is 65.9 Å². The minimum Gasteiger partial charge on any atom is -0.357 e. The average Bonchev–Trinajstić information content (AvgIpc) is 3.84. The first-order chi connectivity index (χ1) is 23.3. The second-order valence-electron chi connectivity index (χ2n) is 12.6. The molecule has 0 bridgehead atoms. The first kappa shape index (κ1) is 29.7. The van der Waals surface area contributed by atoms with Crippen LogP contribution in [0.5, 0.6) is 0 Å². The molecule has 4 aromatic rings. The Morgan fingerprint density at radius 1 is 0.833 bits per heavy atom. The summed E-state index contributed by atoms with van der Waals surface area (Å²) in [7, 11) is 0. The zero-order valence-corrected chi connectivity index (χ0v) is 26.1. The van der Waals surface area contributed by atoms with Gasteiger partial charge in [0.25, 0.3) is 11.8 Å². The fourth-order valence-electron chi connectivity index (χ4n) is 7.06. The van der Waals surface area contributed by atoms with Crippen LogP contribution in [0.1, 0.15) is 59.2 Å². The summed E-state index contributed by atoms with van der Waals surface area (Å²) >= 11 is 0.